The SMILES string of the molecule is CC1(CN2CCCNCC2)CCCS1. The number of thioether (sulfide) groups is 1. The second-order valence-electron chi connectivity index (χ2n) is 4.78. The molecule has 0 aromatic heterocycles. The van der Waals surface area contributed by atoms with Gasteiger partial charge in [0, 0.05) is 24.4 Å². The topological polar surface area (TPSA) is 15.3 Å². The molecule has 0 aromatic carbocycles. The number of nitrogens with one attached hydrogen (secondary N) is 1. The zero-order valence-electron chi connectivity index (χ0n) is 9.22. The molecule has 14 heavy (non-hydrogen) atoms. The molecule has 2 heterocycles. The van der Waals surface area contributed by atoms with Crippen LogP contribution in [0.15, 0.2) is 0 Å². The Morgan fingerprint density at radius 1 is 1.29 bits per heavy atom. The molecule has 2 aliphatic rings. The summed E-state index contributed by atoms with van der Waals surface area (Å²) in [6, 6.07) is 0. The third-order valence-corrected chi connectivity index (χ3v) is 4.81. The Morgan fingerprint density at radius 3 is 3.00 bits per heavy atom. The summed E-state index contributed by atoms with van der Waals surface area (Å²) in [6.45, 7) is 8.68. The summed E-state index contributed by atoms with van der Waals surface area (Å²) in [5.41, 5.74) is 0. The Bertz CT molecular complexity index is 170. The van der Waals surface area contributed by atoms with Crippen LogP contribution < -0.4 is 5.32 Å². The third kappa shape index (κ3) is 2.88. The van der Waals surface area contributed by atoms with Gasteiger partial charge in [-0.2, -0.15) is 11.8 Å². The van der Waals surface area contributed by atoms with E-state index in [1.54, 1.807) is 0 Å². The Morgan fingerprint density at radius 2 is 2.21 bits per heavy atom. The van der Waals surface area contributed by atoms with E-state index in [9.17, 15) is 0 Å². The number of hydrogen-bond acceptors (Lipinski definition) is 3. The summed E-state index contributed by atoms with van der Waals surface area (Å²) in [5.74, 6) is 1.38. The van der Waals surface area contributed by atoms with Crippen LogP contribution in [0.25, 0.3) is 0 Å². The predicted octanol–water partition coefficient (Wildman–Crippen LogP) is 1.57. The molecule has 0 spiro atoms. The summed E-state index contributed by atoms with van der Waals surface area (Å²) in [4.78, 5) is 2.65. The molecule has 2 rings (SSSR count). The third-order valence-electron chi connectivity index (χ3n) is 3.29. The van der Waals surface area contributed by atoms with Gasteiger partial charge in [0.1, 0.15) is 0 Å². The fourth-order valence-electron chi connectivity index (χ4n) is 2.49. The van der Waals surface area contributed by atoms with Gasteiger partial charge in [0.25, 0.3) is 0 Å². The van der Waals surface area contributed by atoms with E-state index in [2.05, 4.69) is 28.9 Å². The largest absolute Gasteiger partial charge is 0.315 e. The van der Waals surface area contributed by atoms with Gasteiger partial charge in [-0.05, 0) is 45.0 Å². The highest BCUT2D eigenvalue weighted by molar-refractivity contribution is 8.00. The molecule has 1 N–H and O–H groups in total. The normalized spacial score (nSPS) is 35.8. The average molecular weight is 214 g/mol. The van der Waals surface area contributed by atoms with Crippen LogP contribution in [0.5, 0.6) is 0 Å². The lowest BCUT2D eigenvalue weighted by molar-refractivity contribution is 0.264. The molecule has 0 bridgehead atoms. The lowest BCUT2D eigenvalue weighted by Gasteiger charge is -2.30. The molecular formula is C11H22N2S. The Balaban J connectivity index is 1.82. The Hall–Kier alpha value is 0.270. The first-order valence-electron chi connectivity index (χ1n) is 5.86. The van der Waals surface area contributed by atoms with Gasteiger partial charge in [-0.25, -0.2) is 0 Å². The van der Waals surface area contributed by atoms with E-state index < -0.39 is 0 Å². The maximum Gasteiger partial charge on any atom is 0.0259 e. The first-order chi connectivity index (χ1) is 6.79. The maximum atomic E-state index is 3.47. The molecule has 2 saturated heterocycles. The molecule has 0 radical (unpaired) electrons. The monoisotopic (exact) mass is 214 g/mol. The van der Waals surface area contributed by atoms with Crippen molar-refractivity contribution in [2.45, 2.75) is 30.9 Å². The highest BCUT2D eigenvalue weighted by Gasteiger charge is 2.31. The van der Waals surface area contributed by atoms with E-state index in [1.807, 2.05) is 0 Å². The van der Waals surface area contributed by atoms with Crippen molar-refractivity contribution in [3.8, 4) is 0 Å². The smallest absolute Gasteiger partial charge is 0.0259 e. The molecule has 2 fully saturated rings. The van der Waals surface area contributed by atoms with Crippen LogP contribution in [0, 0.1) is 0 Å². The fourth-order valence-corrected chi connectivity index (χ4v) is 3.84. The zero-order valence-corrected chi connectivity index (χ0v) is 10.0. The van der Waals surface area contributed by atoms with E-state index in [0.717, 1.165) is 0 Å². The molecule has 0 amide bonds. The minimum Gasteiger partial charge on any atom is -0.315 e. The van der Waals surface area contributed by atoms with E-state index in [1.165, 1.54) is 57.7 Å². The summed E-state index contributed by atoms with van der Waals surface area (Å²) in [6.07, 6.45) is 4.16. The minimum atomic E-state index is 0.560. The first-order valence-corrected chi connectivity index (χ1v) is 6.84. The molecule has 2 aliphatic heterocycles. The highest BCUT2D eigenvalue weighted by atomic mass is 32.2. The van der Waals surface area contributed by atoms with Crippen molar-refractivity contribution < 1.29 is 0 Å². The van der Waals surface area contributed by atoms with E-state index in [4.69, 9.17) is 0 Å². The maximum absolute atomic E-state index is 3.47. The van der Waals surface area contributed by atoms with Crippen molar-refractivity contribution in [1.82, 2.24) is 10.2 Å². The molecule has 3 heteroatoms. The molecule has 82 valence electrons. The number of hydrogen-bond donors (Lipinski definition) is 1. The molecule has 1 atom stereocenters. The zero-order chi connectivity index (χ0) is 9.86. The van der Waals surface area contributed by atoms with Crippen molar-refractivity contribution in [3.05, 3.63) is 0 Å². The van der Waals surface area contributed by atoms with Crippen LogP contribution >= 0.6 is 11.8 Å². The highest BCUT2D eigenvalue weighted by Crippen LogP contribution is 2.38. The van der Waals surface area contributed by atoms with Gasteiger partial charge >= 0.3 is 0 Å². The van der Waals surface area contributed by atoms with Crippen LogP contribution in [0.1, 0.15) is 26.2 Å². The standard InChI is InChI=1S/C11H22N2S/c1-11(4-2-9-14-11)10-13-7-3-5-12-6-8-13/h12H,2-10H2,1H3. The molecule has 1 unspecified atom stereocenters. The van der Waals surface area contributed by atoms with Crippen LogP contribution in [-0.2, 0) is 0 Å². The van der Waals surface area contributed by atoms with Crippen LogP contribution in [0.2, 0.25) is 0 Å². The van der Waals surface area contributed by atoms with Crippen LogP contribution in [0.3, 0.4) is 0 Å². The molecule has 0 aliphatic carbocycles. The summed E-state index contributed by atoms with van der Waals surface area (Å²) >= 11 is 2.18. The van der Waals surface area contributed by atoms with Gasteiger partial charge in [0.2, 0.25) is 0 Å². The Labute approximate surface area is 91.8 Å². The average Bonchev–Trinajstić information content (AvgIpc) is 2.43. The molecule has 0 aromatic rings. The fraction of sp³-hybridized carbons (Fsp3) is 1.00. The van der Waals surface area contributed by atoms with Crippen LogP contribution in [-0.4, -0.2) is 48.1 Å². The number of nitrogens with zero attached hydrogens (tertiary/aromatic N) is 1. The summed E-state index contributed by atoms with van der Waals surface area (Å²) in [7, 11) is 0. The van der Waals surface area contributed by atoms with Gasteiger partial charge < -0.3 is 10.2 Å². The lowest BCUT2D eigenvalue weighted by atomic mass is 10.1. The van der Waals surface area contributed by atoms with Gasteiger partial charge in [-0.1, -0.05) is 0 Å². The van der Waals surface area contributed by atoms with Crippen molar-refractivity contribution in [3.63, 3.8) is 0 Å². The van der Waals surface area contributed by atoms with Gasteiger partial charge in [-0.15, -0.1) is 0 Å². The van der Waals surface area contributed by atoms with Crippen LogP contribution in [0.4, 0.5) is 0 Å². The second kappa shape index (κ2) is 4.86. The second-order valence-corrected chi connectivity index (χ2v) is 6.46. The van der Waals surface area contributed by atoms with Crippen molar-refractivity contribution >= 4 is 11.8 Å². The summed E-state index contributed by atoms with van der Waals surface area (Å²) < 4.78 is 0.560. The minimum absolute atomic E-state index is 0.560. The lowest BCUT2D eigenvalue weighted by Crippen LogP contribution is -2.39. The Kier molecular flexibility index (Phi) is 3.74. The summed E-state index contributed by atoms with van der Waals surface area (Å²) in [5, 5.41) is 3.47. The molecule has 2 nitrogen and oxygen atoms in total. The van der Waals surface area contributed by atoms with Crippen molar-refractivity contribution in [1.29, 1.82) is 0 Å². The van der Waals surface area contributed by atoms with E-state index in [0.29, 0.717) is 4.75 Å². The molecule has 0 saturated carbocycles. The van der Waals surface area contributed by atoms with Crippen molar-refractivity contribution in [2.75, 3.05) is 38.5 Å². The first kappa shape index (κ1) is 10.8. The van der Waals surface area contributed by atoms with Gasteiger partial charge in [0.15, 0.2) is 0 Å². The van der Waals surface area contributed by atoms with E-state index in [-0.39, 0.29) is 0 Å². The van der Waals surface area contributed by atoms with Gasteiger partial charge in [-0.3, -0.25) is 0 Å². The van der Waals surface area contributed by atoms with Gasteiger partial charge in [0.05, 0.1) is 0 Å². The predicted molar refractivity (Wildman–Crippen MR) is 64.0 cm³/mol. The van der Waals surface area contributed by atoms with Crippen molar-refractivity contribution in [2.24, 2.45) is 0 Å². The number of rotatable bonds is 2. The molecular weight excluding hydrogens is 192 g/mol. The quantitative estimate of drug-likeness (QED) is 0.751. The van der Waals surface area contributed by atoms with E-state index >= 15 is 0 Å².